The van der Waals surface area contributed by atoms with Gasteiger partial charge in [0.2, 0.25) is 11.8 Å². The Kier molecular flexibility index (Phi) is 6.95. The third-order valence-electron chi connectivity index (χ3n) is 4.95. The summed E-state index contributed by atoms with van der Waals surface area (Å²) in [5, 5.41) is 5.37. The molecule has 0 aliphatic heterocycles. The maximum absolute atomic E-state index is 13.4. The Balaban J connectivity index is 1.90. The molecule has 3 aromatic carbocycles. The van der Waals surface area contributed by atoms with Gasteiger partial charge >= 0.3 is 0 Å². The van der Waals surface area contributed by atoms with E-state index in [1.54, 1.807) is 54.6 Å². The molecular formula is C24H25N3O4S. The molecule has 0 saturated carbocycles. The van der Waals surface area contributed by atoms with Gasteiger partial charge < -0.3 is 10.6 Å². The Morgan fingerprint density at radius 3 is 2.00 bits per heavy atom. The van der Waals surface area contributed by atoms with Crippen molar-refractivity contribution in [3.63, 3.8) is 0 Å². The summed E-state index contributed by atoms with van der Waals surface area (Å²) in [5.74, 6) is -0.685. The largest absolute Gasteiger partial charge is 0.326 e. The van der Waals surface area contributed by atoms with E-state index in [4.69, 9.17) is 0 Å². The smallest absolute Gasteiger partial charge is 0.264 e. The fourth-order valence-electron chi connectivity index (χ4n) is 3.20. The minimum atomic E-state index is -3.98. The monoisotopic (exact) mass is 451 g/mol. The third-order valence-corrected chi connectivity index (χ3v) is 6.73. The van der Waals surface area contributed by atoms with Crippen molar-refractivity contribution in [1.82, 2.24) is 0 Å². The fraction of sp³-hybridized carbons (Fsp3) is 0.167. The maximum Gasteiger partial charge on any atom is 0.264 e. The van der Waals surface area contributed by atoms with E-state index in [-0.39, 0.29) is 10.8 Å². The third kappa shape index (κ3) is 5.33. The Morgan fingerprint density at radius 1 is 0.812 bits per heavy atom. The van der Waals surface area contributed by atoms with Gasteiger partial charge in [-0.2, -0.15) is 0 Å². The summed E-state index contributed by atoms with van der Waals surface area (Å²) in [5.41, 5.74) is 3.23. The first-order valence-corrected chi connectivity index (χ1v) is 11.4. The number of sulfonamides is 1. The predicted octanol–water partition coefficient (Wildman–Crippen LogP) is 4.10. The van der Waals surface area contributed by atoms with Crippen molar-refractivity contribution in [2.75, 3.05) is 21.5 Å². The van der Waals surface area contributed by atoms with Crippen molar-refractivity contribution in [2.45, 2.75) is 25.7 Å². The molecule has 0 aliphatic carbocycles. The fourth-order valence-corrected chi connectivity index (χ4v) is 4.70. The van der Waals surface area contributed by atoms with Gasteiger partial charge in [0, 0.05) is 18.3 Å². The second-order valence-electron chi connectivity index (χ2n) is 7.35. The average Bonchev–Trinajstić information content (AvgIpc) is 2.76. The van der Waals surface area contributed by atoms with E-state index in [9.17, 15) is 18.0 Å². The number of anilines is 3. The van der Waals surface area contributed by atoms with Crippen LogP contribution in [0.25, 0.3) is 0 Å². The van der Waals surface area contributed by atoms with Crippen LogP contribution in [0.15, 0.2) is 77.7 Å². The number of hydrogen-bond donors (Lipinski definition) is 2. The van der Waals surface area contributed by atoms with Crippen molar-refractivity contribution < 1.29 is 18.0 Å². The van der Waals surface area contributed by atoms with E-state index < -0.39 is 22.5 Å². The molecule has 0 bridgehead atoms. The van der Waals surface area contributed by atoms with Crippen LogP contribution < -0.4 is 14.9 Å². The van der Waals surface area contributed by atoms with E-state index in [1.165, 1.54) is 19.1 Å². The summed E-state index contributed by atoms with van der Waals surface area (Å²) in [6, 6.07) is 20.0. The maximum atomic E-state index is 13.4. The second kappa shape index (κ2) is 9.65. The normalized spacial score (nSPS) is 11.0. The molecule has 8 heteroatoms. The number of rotatable bonds is 7. The summed E-state index contributed by atoms with van der Waals surface area (Å²) < 4.78 is 28.0. The van der Waals surface area contributed by atoms with Crippen LogP contribution >= 0.6 is 0 Å². The van der Waals surface area contributed by atoms with Crippen LogP contribution in [-0.2, 0) is 19.6 Å². The van der Waals surface area contributed by atoms with Crippen molar-refractivity contribution in [3.05, 3.63) is 83.9 Å². The van der Waals surface area contributed by atoms with Crippen LogP contribution in [0.5, 0.6) is 0 Å². The van der Waals surface area contributed by atoms with Crippen molar-refractivity contribution in [3.8, 4) is 0 Å². The van der Waals surface area contributed by atoms with Crippen LogP contribution in [0, 0.1) is 13.8 Å². The minimum absolute atomic E-state index is 0.105. The van der Waals surface area contributed by atoms with Gasteiger partial charge in [-0.1, -0.05) is 30.3 Å². The molecule has 0 heterocycles. The molecule has 0 saturated heterocycles. The number of hydrogen-bond acceptors (Lipinski definition) is 4. The molecule has 0 atom stereocenters. The molecule has 0 aliphatic rings. The first-order valence-electron chi connectivity index (χ1n) is 10.00. The molecule has 166 valence electrons. The van der Waals surface area contributed by atoms with Gasteiger partial charge in [0.05, 0.1) is 10.6 Å². The van der Waals surface area contributed by atoms with Gasteiger partial charge in [-0.05, 0) is 67.4 Å². The molecule has 3 rings (SSSR count). The van der Waals surface area contributed by atoms with Gasteiger partial charge in [0.1, 0.15) is 6.54 Å². The standard InChI is InChI=1S/C24H25N3O4S/c1-17-8-7-11-23(18(17)2)27(32(30,31)22-9-5-4-6-10-22)16-24(29)26-21-14-12-20(13-15-21)25-19(3)28/h4-15H,16H2,1-3H3,(H,25,28)(H,26,29). The highest BCUT2D eigenvalue weighted by molar-refractivity contribution is 7.92. The number of nitrogens with one attached hydrogen (secondary N) is 2. The average molecular weight is 452 g/mol. The number of carbonyl (C=O) groups excluding carboxylic acids is 2. The molecule has 2 N–H and O–H groups in total. The minimum Gasteiger partial charge on any atom is -0.326 e. The number of amides is 2. The topological polar surface area (TPSA) is 95.6 Å². The number of nitrogens with zero attached hydrogens (tertiary/aromatic N) is 1. The SMILES string of the molecule is CC(=O)Nc1ccc(NC(=O)CN(c2cccc(C)c2C)S(=O)(=O)c2ccccc2)cc1. The Morgan fingerprint density at radius 2 is 1.41 bits per heavy atom. The molecule has 0 aromatic heterocycles. The summed E-state index contributed by atoms with van der Waals surface area (Å²) in [7, 11) is -3.98. The van der Waals surface area contributed by atoms with Gasteiger partial charge in [-0.25, -0.2) is 8.42 Å². The van der Waals surface area contributed by atoms with Crippen molar-refractivity contribution >= 4 is 38.9 Å². The molecule has 3 aromatic rings. The van der Waals surface area contributed by atoms with Crippen molar-refractivity contribution in [2.24, 2.45) is 0 Å². The Labute approximate surface area is 188 Å². The van der Waals surface area contributed by atoms with E-state index in [2.05, 4.69) is 10.6 Å². The highest BCUT2D eigenvalue weighted by Crippen LogP contribution is 2.28. The van der Waals surface area contributed by atoms with E-state index in [0.717, 1.165) is 15.4 Å². The highest BCUT2D eigenvalue weighted by atomic mass is 32.2. The van der Waals surface area contributed by atoms with Crippen LogP contribution in [0.2, 0.25) is 0 Å². The van der Waals surface area contributed by atoms with Crippen LogP contribution in [0.1, 0.15) is 18.1 Å². The van der Waals surface area contributed by atoms with E-state index in [1.807, 2.05) is 19.9 Å². The van der Waals surface area contributed by atoms with Gasteiger partial charge in [0.25, 0.3) is 10.0 Å². The predicted molar refractivity (Wildman–Crippen MR) is 126 cm³/mol. The first kappa shape index (κ1) is 23.0. The molecular weight excluding hydrogens is 426 g/mol. The zero-order valence-corrected chi connectivity index (χ0v) is 18.9. The molecule has 2 amide bonds. The molecule has 0 fully saturated rings. The van der Waals surface area contributed by atoms with E-state index >= 15 is 0 Å². The Bertz CT molecular complexity index is 1220. The van der Waals surface area contributed by atoms with Crippen LogP contribution in [-0.4, -0.2) is 26.8 Å². The summed E-state index contributed by atoms with van der Waals surface area (Å²) in [6.07, 6.45) is 0. The first-order chi connectivity index (χ1) is 15.2. The summed E-state index contributed by atoms with van der Waals surface area (Å²) in [6.45, 7) is 4.74. The number of aryl methyl sites for hydroxylation is 1. The van der Waals surface area contributed by atoms with Gasteiger partial charge in [0.15, 0.2) is 0 Å². The van der Waals surface area contributed by atoms with E-state index in [0.29, 0.717) is 17.1 Å². The molecule has 0 spiro atoms. The lowest BCUT2D eigenvalue weighted by atomic mass is 10.1. The zero-order valence-electron chi connectivity index (χ0n) is 18.1. The second-order valence-corrected chi connectivity index (χ2v) is 9.21. The van der Waals surface area contributed by atoms with Crippen molar-refractivity contribution in [1.29, 1.82) is 0 Å². The van der Waals surface area contributed by atoms with Gasteiger partial charge in [-0.3, -0.25) is 13.9 Å². The van der Waals surface area contributed by atoms with Crippen LogP contribution in [0.3, 0.4) is 0 Å². The zero-order chi connectivity index (χ0) is 23.3. The number of benzene rings is 3. The molecule has 0 radical (unpaired) electrons. The lowest BCUT2D eigenvalue weighted by Crippen LogP contribution is -2.38. The lowest BCUT2D eigenvalue weighted by Gasteiger charge is -2.26. The molecule has 7 nitrogen and oxygen atoms in total. The summed E-state index contributed by atoms with van der Waals surface area (Å²) in [4.78, 5) is 24.1. The van der Waals surface area contributed by atoms with Gasteiger partial charge in [-0.15, -0.1) is 0 Å². The lowest BCUT2D eigenvalue weighted by molar-refractivity contribution is -0.115. The quantitative estimate of drug-likeness (QED) is 0.565. The molecule has 32 heavy (non-hydrogen) atoms. The van der Waals surface area contributed by atoms with Crippen LogP contribution in [0.4, 0.5) is 17.1 Å². The summed E-state index contributed by atoms with van der Waals surface area (Å²) >= 11 is 0. The molecule has 0 unspecified atom stereocenters. The Hall–Kier alpha value is -3.65. The highest BCUT2D eigenvalue weighted by Gasteiger charge is 2.28. The number of carbonyl (C=O) groups is 2.